The Kier molecular flexibility index (Phi) is 7.78. The van der Waals surface area contributed by atoms with Crippen molar-refractivity contribution in [3.63, 3.8) is 0 Å². The second kappa shape index (κ2) is 11.5. The first-order valence-electron chi connectivity index (χ1n) is 10.9. The highest BCUT2D eigenvalue weighted by Crippen LogP contribution is 2.15. The molecule has 0 atom stereocenters. The zero-order valence-electron chi connectivity index (χ0n) is 18.7. The van der Waals surface area contributed by atoms with Gasteiger partial charge in [0.1, 0.15) is 5.70 Å². The molecule has 6 heteroatoms. The molecule has 1 aromatic heterocycles. The summed E-state index contributed by atoms with van der Waals surface area (Å²) in [7, 11) is 0. The molecule has 2 N–H and O–H groups in total. The van der Waals surface area contributed by atoms with E-state index in [1.165, 1.54) is 17.4 Å². The van der Waals surface area contributed by atoms with E-state index in [0.29, 0.717) is 16.8 Å². The Labute approximate surface area is 207 Å². The SMILES string of the molecule is O=C(Nc1ccc(C(=O)/C=C/c2ccccc2)cc1)/C(=C/c1ccsc1)NC(=O)c1ccccc1. The van der Waals surface area contributed by atoms with Crippen molar-refractivity contribution in [3.05, 3.63) is 136 Å². The van der Waals surface area contributed by atoms with Gasteiger partial charge < -0.3 is 10.6 Å². The molecule has 172 valence electrons. The van der Waals surface area contributed by atoms with E-state index in [-0.39, 0.29) is 17.4 Å². The van der Waals surface area contributed by atoms with Gasteiger partial charge in [0, 0.05) is 16.8 Å². The van der Waals surface area contributed by atoms with Crippen LogP contribution in [0.3, 0.4) is 0 Å². The predicted molar refractivity (Wildman–Crippen MR) is 141 cm³/mol. The van der Waals surface area contributed by atoms with Gasteiger partial charge in [-0.15, -0.1) is 0 Å². The van der Waals surface area contributed by atoms with Crippen molar-refractivity contribution in [2.24, 2.45) is 0 Å². The first kappa shape index (κ1) is 23.6. The number of carbonyl (C=O) groups excluding carboxylic acids is 3. The lowest BCUT2D eigenvalue weighted by Gasteiger charge is -2.11. The Balaban J connectivity index is 1.46. The van der Waals surface area contributed by atoms with Crippen LogP contribution in [-0.2, 0) is 4.79 Å². The lowest BCUT2D eigenvalue weighted by Crippen LogP contribution is -2.30. The lowest BCUT2D eigenvalue weighted by molar-refractivity contribution is -0.113. The molecular weight excluding hydrogens is 456 g/mol. The topological polar surface area (TPSA) is 75.3 Å². The largest absolute Gasteiger partial charge is 0.321 e. The van der Waals surface area contributed by atoms with Crippen molar-refractivity contribution in [1.29, 1.82) is 0 Å². The fourth-order valence-electron chi connectivity index (χ4n) is 3.21. The lowest BCUT2D eigenvalue weighted by atomic mass is 10.1. The fourth-order valence-corrected chi connectivity index (χ4v) is 3.83. The molecule has 0 radical (unpaired) electrons. The molecule has 4 aromatic rings. The standard InChI is InChI=1S/C29H22N2O3S/c32-27(16-11-21-7-3-1-4-8-21)23-12-14-25(15-13-23)30-29(34)26(19-22-17-18-35-20-22)31-28(33)24-9-5-2-6-10-24/h1-20H,(H,30,34)(H,31,33)/b16-11+,26-19-. The molecule has 0 saturated carbocycles. The molecule has 1 heterocycles. The highest BCUT2D eigenvalue weighted by molar-refractivity contribution is 7.08. The van der Waals surface area contributed by atoms with Gasteiger partial charge in [-0.25, -0.2) is 0 Å². The third-order valence-electron chi connectivity index (χ3n) is 5.04. The molecule has 0 bridgehead atoms. The fraction of sp³-hybridized carbons (Fsp3) is 0. The van der Waals surface area contributed by atoms with Crippen molar-refractivity contribution < 1.29 is 14.4 Å². The van der Waals surface area contributed by atoms with Crippen LogP contribution in [0, 0.1) is 0 Å². The molecule has 0 saturated heterocycles. The van der Waals surface area contributed by atoms with Crippen LogP contribution in [0.4, 0.5) is 5.69 Å². The highest BCUT2D eigenvalue weighted by Gasteiger charge is 2.15. The van der Waals surface area contributed by atoms with E-state index < -0.39 is 5.91 Å². The first-order valence-corrected chi connectivity index (χ1v) is 11.8. The second-order valence-corrected chi connectivity index (χ2v) is 8.35. The van der Waals surface area contributed by atoms with Crippen LogP contribution in [0.5, 0.6) is 0 Å². The number of anilines is 1. The monoisotopic (exact) mass is 478 g/mol. The Morgan fingerprint density at radius 2 is 1.40 bits per heavy atom. The van der Waals surface area contributed by atoms with Crippen LogP contribution in [0.15, 0.2) is 114 Å². The number of rotatable bonds is 8. The first-order chi connectivity index (χ1) is 17.1. The van der Waals surface area contributed by atoms with E-state index in [1.54, 1.807) is 60.7 Å². The van der Waals surface area contributed by atoms with Gasteiger partial charge in [0.25, 0.3) is 11.8 Å². The molecule has 5 nitrogen and oxygen atoms in total. The number of allylic oxidation sites excluding steroid dienone is 1. The van der Waals surface area contributed by atoms with Crippen molar-refractivity contribution in [3.8, 4) is 0 Å². The maximum Gasteiger partial charge on any atom is 0.272 e. The van der Waals surface area contributed by atoms with Crippen LogP contribution >= 0.6 is 11.3 Å². The summed E-state index contributed by atoms with van der Waals surface area (Å²) in [5, 5.41) is 9.26. The van der Waals surface area contributed by atoms with Gasteiger partial charge in [-0.2, -0.15) is 11.3 Å². The summed E-state index contributed by atoms with van der Waals surface area (Å²) in [5.41, 5.74) is 3.31. The van der Waals surface area contributed by atoms with Gasteiger partial charge in [-0.05, 0) is 76.5 Å². The van der Waals surface area contributed by atoms with Gasteiger partial charge in [-0.1, -0.05) is 54.6 Å². The van der Waals surface area contributed by atoms with E-state index in [4.69, 9.17) is 0 Å². The second-order valence-electron chi connectivity index (χ2n) is 7.57. The minimum absolute atomic E-state index is 0.114. The Bertz CT molecular complexity index is 1360. The third kappa shape index (κ3) is 6.72. The number of benzene rings is 3. The number of hydrogen-bond acceptors (Lipinski definition) is 4. The summed E-state index contributed by atoms with van der Waals surface area (Å²) >= 11 is 1.49. The van der Waals surface area contributed by atoms with E-state index in [9.17, 15) is 14.4 Å². The molecule has 4 rings (SSSR count). The maximum atomic E-state index is 13.0. The summed E-state index contributed by atoms with van der Waals surface area (Å²) in [5.74, 6) is -0.989. The smallest absolute Gasteiger partial charge is 0.272 e. The van der Waals surface area contributed by atoms with Gasteiger partial charge in [0.05, 0.1) is 0 Å². The molecule has 0 spiro atoms. The number of amides is 2. The van der Waals surface area contributed by atoms with E-state index >= 15 is 0 Å². The summed E-state index contributed by atoms with van der Waals surface area (Å²) < 4.78 is 0. The third-order valence-corrected chi connectivity index (χ3v) is 5.74. The van der Waals surface area contributed by atoms with Crippen LogP contribution in [0.1, 0.15) is 31.8 Å². The van der Waals surface area contributed by atoms with Crippen LogP contribution in [0.25, 0.3) is 12.2 Å². The average Bonchev–Trinajstić information content (AvgIpc) is 3.41. The van der Waals surface area contributed by atoms with Gasteiger partial charge >= 0.3 is 0 Å². The molecule has 0 aliphatic rings. The Morgan fingerprint density at radius 3 is 2.06 bits per heavy atom. The molecule has 3 aromatic carbocycles. The number of nitrogens with one attached hydrogen (secondary N) is 2. The van der Waals surface area contributed by atoms with E-state index in [0.717, 1.165) is 11.1 Å². The summed E-state index contributed by atoms with van der Waals surface area (Å²) in [4.78, 5) is 38.1. The summed E-state index contributed by atoms with van der Waals surface area (Å²) in [6, 6.07) is 26.7. The van der Waals surface area contributed by atoms with Crippen molar-refractivity contribution in [2.45, 2.75) is 0 Å². The summed E-state index contributed by atoms with van der Waals surface area (Å²) in [6.07, 6.45) is 4.90. The molecule has 0 unspecified atom stereocenters. The molecule has 0 aliphatic carbocycles. The predicted octanol–water partition coefficient (Wildman–Crippen LogP) is 6.05. The zero-order valence-corrected chi connectivity index (χ0v) is 19.5. The quantitative estimate of drug-likeness (QED) is 0.239. The molecular formula is C29H22N2O3S. The van der Waals surface area contributed by atoms with Crippen molar-refractivity contribution in [2.75, 3.05) is 5.32 Å². The number of carbonyl (C=O) groups is 3. The normalized spacial score (nSPS) is 11.3. The average molecular weight is 479 g/mol. The van der Waals surface area contributed by atoms with Gasteiger partial charge in [0.2, 0.25) is 0 Å². The number of hydrogen-bond donors (Lipinski definition) is 2. The van der Waals surface area contributed by atoms with Crippen LogP contribution in [-0.4, -0.2) is 17.6 Å². The van der Waals surface area contributed by atoms with Gasteiger partial charge in [-0.3, -0.25) is 14.4 Å². The molecule has 0 fully saturated rings. The number of thiophene rings is 1. The van der Waals surface area contributed by atoms with Gasteiger partial charge in [0.15, 0.2) is 5.78 Å². The Hall–Kier alpha value is -4.55. The summed E-state index contributed by atoms with van der Waals surface area (Å²) in [6.45, 7) is 0. The van der Waals surface area contributed by atoms with E-state index in [1.807, 2.05) is 53.2 Å². The van der Waals surface area contributed by atoms with Crippen LogP contribution in [0.2, 0.25) is 0 Å². The highest BCUT2D eigenvalue weighted by atomic mass is 32.1. The van der Waals surface area contributed by atoms with E-state index in [2.05, 4.69) is 10.6 Å². The minimum atomic E-state index is -0.469. The molecule has 2 amide bonds. The van der Waals surface area contributed by atoms with Crippen molar-refractivity contribution >= 4 is 46.8 Å². The number of ketones is 1. The van der Waals surface area contributed by atoms with Crippen molar-refractivity contribution in [1.82, 2.24) is 5.32 Å². The van der Waals surface area contributed by atoms with Crippen LogP contribution < -0.4 is 10.6 Å². The molecule has 0 aliphatic heterocycles. The maximum absolute atomic E-state index is 13.0. The minimum Gasteiger partial charge on any atom is -0.321 e. The molecule has 35 heavy (non-hydrogen) atoms. The Morgan fingerprint density at radius 1 is 0.714 bits per heavy atom. The zero-order chi connectivity index (χ0) is 24.5.